The molecular weight excluding hydrogens is 244 g/mol. The van der Waals surface area contributed by atoms with E-state index in [1.807, 2.05) is 0 Å². The van der Waals surface area contributed by atoms with E-state index < -0.39 is 0 Å². The summed E-state index contributed by atoms with van der Waals surface area (Å²) in [6.07, 6.45) is 7.32. The zero-order chi connectivity index (χ0) is 11.9. The van der Waals surface area contributed by atoms with Gasteiger partial charge in [-0.25, -0.2) is 0 Å². The van der Waals surface area contributed by atoms with E-state index in [0.717, 1.165) is 11.3 Å². The first-order valence-electron chi connectivity index (χ1n) is 7.52. The third-order valence-electron chi connectivity index (χ3n) is 5.53. The maximum atomic E-state index is 3.53. The van der Waals surface area contributed by atoms with E-state index in [4.69, 9.17) is 0 Å². The van der Waals surface area contributed by atoms with E-state index in [1.165, 1.54) is 64.8 Å². The van der Waals surface area contributed by atoms with Crippen molar-refractivity contribution in [3.05, 3.63) is 0 Å². The highest BCUT2D eigenvalue weighted by Gasteiger charge is 2.44. The van der Waals surface area contributed by atoms with E-state index in [-0.39, 0.29) is 12.4 Å². The van der Waals surface area contributed by atoms with Gasteiger partial charge in [0.05, 0.1) is 0 Å². The van der Waals surface area contributed by atoms with Gasteiger partial charge in [0.1, 0.15) is 0 Å². The molecule has 0 bridgehead atoms. The molecule has 3 aliphatic rings. The highest BCUT2D eigenvalue weighted by Crippen LogP contribution is 2.48. The molecule has 1 N–H and O–H groups in total. The fraction of sp³-hybridized carbons (Fsp3) is 1.00. The summed E-state index contributed by atoms with van der Waals surface area (Å²) in [5, 5.41) is 3.53. The van der Waals surface area contributed by atoms with E-state index in [9.17, 15) is 0 Å². The summed E-state index contributed by atoms with van der Waals surface area (Å²) < 4.78 is 0. The SMILES string of the molecule is CC1CCC2(CCN(CC3(C)CCNC3)C2)C1.Cl. The Balaban J connectivity index is 0.00000120. The maximum Gasteiger partial charge on any atom is 0.00482 e. The quantitative estimate of drug-likeness (QED) is 0.832. The molecule has 3 unspecified atom stereocenters. The Labute approximate surface area is 118 Å². The van der Waals surface area contributed by atoms with Crippen LogP contribution in [0.1, 0.15) is 46.0 Å². The molecule has 1 saturated carbocycles. The average molecular weight is 273 g/mol. The van der Waals surface area contributed by atoms with Crippen LogP contribution >= 0.6 is 12.4 Å². The van der Waals surface area contributed by atoms with Crippen LogP contribution in [-0.4, -0.2) is 37.6 Å². The van der Waals surface area contributed by atoms with Crippen molar-refractivity contribution in [2.24, 2.45) is 16.7 Å². The third kappa shape index (κ3) is 2.86. The molecule has 2 aliphatic heterocycles. The highest BCUT2D eigenvalue weighted by molar-refractivity contribution is 5.85. The Bertz CT molecular complexity index is 288. The summed E-state index contributed by atoms with van der Waals surface area (Å²) in [6, 6.07) is 0. The van der Waals surface area contributed by atoms with Crippen molar-refractivity contribution < 1.29 is 0 Å². The predicted octanol–water partition coefficient (Wildman–Crippen LogP) is 2.92. The number of hydrogen-bond donors (Lipinski definition) is 1. The van der Waals surface area contributed by atoms with E-state index in [2.05, 4.69) is 24.1 Å². The van der Waals surface area contributed by atoms with Crippen molar-refractivity contribution in [1.29, 1.82) is 0 Å². The van der Waals surface area contributed by atoms with Crippen LogP contribution < -0.4 is 5.32 Å². The smallest absolute Gasteiger partial charge is 0.00482 e. The second-order valence-electron chi connectivity index (χ2n) is 7.55. The lowest BCUT2D eigenvalue weighted by atomic mass is 9.84. The van der Waals surface area contributed by atoms with Crippen LogP contribution in [0.25, 0.3) is 0 Å². The standard InChI is InChI=1S/C15H28N2.ClH/c1-13-3-4-15(9-13)6-8-17(12-15)11-14(2)5-7-16-10-14;/h13,16H,3-12H2,1-2H3;1H. The summed E-state index contributed by atoms with van der Waals surface area (Å²) in [6.45, 7) is 11.5. The monoisotopic (exact) mass is 272 g/mol. The topological polar surface area (TPSA) is 15.3 Å². The predicted molar refractivity (Wildman–Crippen MR) is 79.3 cm³/mol. The first-order chi connectivity index (χ1) is 8.09. The minimum absolute atomic E-state index is 0. The largest absolute Gasteiger partial charge is 0.316 e. The lowest BCUT2D eigenvalue weighted by Crippen LogP contribution is -2.37. The zero-order valence-electron chi connectivity index (χ0n) is 12.0. The average Bonchev–Trinajstić information content (AvgIpc) is 2.93. The Morgan fingerprint density at radius 1 is 1.28 bits per heavy atom. The Kier molecular flexibility index (Phi) is 4.30. The van der Waals surface area contributed by atoms with Crippen LogP contribution in [0.15, 0.2) is 0 Å². The number of hydrogen-bond acceptors (Lipinski definition) is 2. The van der Waals surface area contributed by atoms with Crippen molar-refractivity contribution >= 4 is 12.4 Å². The molecule has 1 aliphatic carbocycles. The molecule has 2 nitrogen and oxygen atoms in total. The Morgan fingerprint density at radius 3 is 2.72 bits per heavy atom. The summed E-state index contributed by atoms with van der Waals surface area (Å²) in [4.78, 5) is 2.77. The van der Waals surface area contributed by atoms with Crippen molar-refractivity contribution in [2.45, 2.75) is 46.0 Å². The number of rotatable bonds is 2. The molecule has 0 amide bonds. The van der Waals surface area contributed by atoms with Gasteiger partial charge in [0.25, 0.3) is 0 Å². The summed E-state index contributed by atoms with van der Waals surface area (Å²) in [5.74, 6) is 0.985. The lowest BCUT2D eigenvalue weighted by molar-refractivity contribution is 0.184. The second-order valence-corrected chi connectivity index (χ2v) is 7.55. The Hall–Kier alpha value is 0.210. The van der Waals surface area contributed by atoms with Crippen LogP contribution in [0, 0.1) is 16.7 Å². The highest BCUT2D eigenvalue weighted by atomic mass is 35.5. The molecule has 0 aromatic carbocycles. The lowest BCUT2D eigenvalue weighted by Gasteiger charge is -2.30. The van der Waals surface area contributed by atoms with Gasteiger partial charge in [-0.15, -0.1) is 12.4 Å². The minimum atomic E-state index is 0. The fourth-order valence-electron chi connectivity index (χ4n) is 4.57. The summed E-state index contributed by atoms with van der Waals surface area (Å²) in [5.41, 5.74) is 1.28. The number of nitrogens with one attached hydrogen (secondary N) is 1. The van der Waals surface area contributed by atoms with Crippen LogP contribution in [0.4, 0.5) is 0 Å². The molecular formula is C15H29ClN2. The van der Waals surface area contributed by atoms with Crippen molar-refractivity contribution in [1.82, 2.24) is 10.2 Å². The molecule has 3 rings (SSSR count). The second kappa shape index (κ2) is 5.30. The zero-order valence-corrected chi connectivity index (χ0v) is 12.8. The van der Waals surface area contributed by atoms with E-state index >= 15 is 0 Å². The van der Waals surface area contributed by atoms with Crippen LogP contribution in [0.2, 0.25) is 0 Å². The van der Waals surface area contributed by atoms with Gasteiger partial charge in [-0.05, 0) is 55.5 Å². The van der Waals surface area contributed by atoms with Crippen LogP contribution in [0.5, 0.6) is 0 Å². The fourth-order valence-corrected chi connectivity index (χ4v) is 4.57. The minimum Gasteiger partial charge on any atom is -0.316 e. The number of halogens is 1. The van der Waals surface area contributed by atoms with Gasteiger partial charge in [-0.2, -0.15) is 0 Å². The maximum absolute atomic E-state index is 3.53. The molecule has 3 atom stereocenters. The summed E-state index contributed by atoms with van der Waals surface area (Å²) in [7, 11) is 0. The van der Waals surface area contributed by atoms with Gasteiger partial charge in [0.2, 0.25) is 0 Å². The Morgan fingerprint density at radius 2 is 2.11 bits per heavy atom. The van der Waals surface area contributed by atoms with Gasteiger partial charge in [-0.1, -0.05) is 20.3 Å². The van der Waals surface area contributed by atoms with Crippen LogP contribution in [-0.2, 0) is 0 Å². The molecule has 18 heavy (non-hydrogen) atoms. The number of nitrogens with zero attached hydrogens (tertiary/aromatic N) is 1. The molecule has 0 radical (unpaired) electrons. The molecule has 3 heteroatoms. The van der Waals surface area contributed by atoms with E-state index in [1.54, 1.807) is 0 Å². The van der Waals surface area contributed by atoms with Crippen molar-refractivity contribution in [3.8, 4) is 0 Å². The van der Waals surface area contributed by atoms with Crippen molar-refractivity contribution in [2.75, 3.05) is 32.7 Å². The van der Waals surface area contributed by atoms with E-state index in [0.29, 0.717) is 5.41 Å². The van der Waals surface area contributed by atoms with Gasteiger partial charge >= 0.3 is 0 Å². The number of likely N-dealkylation sites (tertiary alicyclic amines) is 1. The molecule has 106 valence electrons. The molecule has 0 aromatic rings. The normalized spacial score (nSPS) is 44.7. The van der Waals surface area contributed by atoms with Gasteiger partial charge in [0, 0.05) is 19.6 Å². The molecule has 3 fully saturated rings. The van der Waals surface area contributed by atoms with Gasteiger partial charge < -0.3 is 10.2 Å². The van der Waals surface area contributed by atoms with Gasteiger partial charge in [-0.3, -0.25) is 0 Å². The van der Waals surface area contributed by atoms with Crippen LogP contribution in [0.3, 0.4) is 0 Å². The molecule has 0 aromatic heterocycles. The summed E-state index contributed by atoms with van der Waals surface area (Å²) >= 11 is 0. The van der Waals surface area contributed by atoms with Gasteiger partial charge in [0.15, 0.2) is 0 Å². The third-order valence-corrected chi connectivity index (χ3v) is 5.53. The molecule has 2 heterocycles. The first-order valence-corrected chi connectivity index (χ1v) is 7.52. The molecule has 2 saturated heterocycles. The first kappa shape index (κ1) is 14.6. The van der Waals surface area contributed by atoms with Crippen molar-refractivity contribution in [3.63, 3.8) is 0 Å². The molecule has 1 spiro atoms.